The molecule has 0 aromatic carbocycles. The molecule has 98 valence electrons. The van der Waals surface area contributed by atoms with Crippen molar-refractivity contribution >= 4 is 17.7 Å². The summed E-state index contributed by atoms with van der Waals surface area (Å²) in [5.41, 5.74) is 0.452. The minimum Gasteiger partial charge on any atom is -0.481 e. The number of nitrogens with zero attached hydrogens (tertiary/aromatic N) is 1. The number of amides is 2. The summed E-state index contributed by atoms with van der Waals surface area (Å²) in [4.78, 5) is 26.1. The number of rotatable bonds is 5. The normalized spacial score (nSPS) is 11.4. The number of nitrogens with one attached hydrogen (secondary N) is 2. The molecule has 2 amide bonds. The number of pyridine rings is 1. The minimum atomic E-state index is -1.07. The highest BCUT2D eigenvalue weighted by atomic mass is 16.5. The predicted molar refractivity (Wildman–Crippen MR) is 64.7 cm³/mol. The van der Waals surface area contributed by atoms with Crippen molar-refractivity contribution < 1.29 is 19.4 Å². The van der Waals surface area contributed by atoms with Crippen LogP contribution in [0.4, 0.5) is 10.5 Å². The number of carboxylic acid groups (broad SMARTS) is 1. The molecule has 1 heterocycles. The smallest absolute Gasteiger partial charge is 0.326 e. The molecular formula is C11H15N3O4. The number of aliphatic carboxylic acids is 1. The average molecular weight is 253 g/mol. The Balaban J connectivity index is 2.55. The van der Waals surface area contributed by atoms with Crippen LogP contribution in [0.25, 0.3) is 0 Å². The van der Waals surface area contributed by atoms with Gasteiger partial charge >= 0.3 is 12.0 Å². The SMILES string of the molecule is CC[C@@H](NC(=O)Nc1ccc(OC)nc1)C(=O)O. The van der Waals surface area contributed by atoms with E-state index < -0.39 is 18.0 Å². The van der Waals surface area contributed by atoms with Gasteiger partial charge in [0.2, 0.25) is 5.88 Å². The molecule has 18 heavy (non-hydrogen) atoms. The van der Waals surface area contributed by atoms with Crippen molar-refractivity contribution in [1.29, 1.82) is 0 Å². The lowest BCUT2D eigenvalue weighted by Gasteiger charge is -2.13. The Bertz CT molecular complexity index is 419. The van der Waals surface area contributed by atoms with Gasteiger partial charge < -0.3 is 20.5 Å². The second-order valence-corrected chi connectivity index (χ2v) is 3.49. The molecule has 0 aliphatic heterocycles. The average Bonchev–Trinajstić information content (AvgIpc) is 2.36. The molecule has 0 aliphatic rings. The number of aromatic nitrogens is 1. The van der Waals surface area contributed by atoms with Crippen LogP contribution in [0.15, 0.2) is 18.3 Å². The Morgan fingerprint density at radius 3 is 2.67 bits per heavy atom. The van der Waals surface area contributed by atoms with E-state index in [0.717, 1.165) is 0 Å². The van der Waals surface area contributed by atoms with E-state index in [2.05, 4.69) is 15.6 Å². The summed E-state index contributed by atoms with van der Waals surface area (Å²) in [7, 11) is 1.49. The summed E-state index contributed by atoms with van der Waals surface area (Å²) >= 11 is 0. The van der Waals surface area contributed by atoms with Gasteiger partial charge in [-0.05, 0) is 12.5 Å². The molecule has 7 heteroatoms. The molecule has 0 aliphatic carbocycles. The molecule has 0 unspecified atom stereocenters. The number of carbonyl (C=O) groups is 2. The van der Waals surface area contributed by atoms with Crippen LogP contribution in [-0.2, 0) is 4.79 Å². The molecule has 0 radical (unpaired) electrons. The van der Waals surface area contributed by atoms with Gasteiger partial charge in [0, 0.05) is 6.07 Å². The third-order valence-corrected chi connectivity index (χ3v) is 2.22. The Morgan fingerprint density at radius 2 is 2.22 bits per heavy atom. The quantitative estimate of drug-likeness (QED) is 0.728. The number of hydrogen-bond donors (Lipinski definition) is 3. The molecule has 1 aromatic heterocycles. The summed E-state index contributed by atoms with van der Waals surface area (Å²) in [6.07, 6.45) is 1.73. The van der Waals surface area contributed by atoms with Gasteiger partial charge in [0.05, 0.1) is 19.0 Å². The van der Waals surface area contributed by atoms with E-state index in [1.807, 2.05) is 0 Å². The summed E-state index contributed by atoms with van der Waals surface area (Å²) in [5, 5.41) is 13.6. The minimum absolute atomic E-state index is 0.309. The highest BCUT2D eigenvalue weighted by Gasteiger charge is 2.17. The monoisotopic (exact) mass is 253 g/mol. The molecule has 0 bridgehead atoms. The molecule has 3 N–H and O–H groups in total. The maximum absolute atomic E-state index is 11.5. The van der Waals surface area contributed by atoms with Crippen LogP contribution < -0.4 is 15.4 Å². The summed E-state index contributed by atoms with van der Waals surface area (Å²) in [6, 6.07) is 1.70. The maximum atomic E-state index is 11.5. The van der Waals surface area contributed by atoms with Crippen LogP contribution in [0.3, 0.4) is 0 Å². The van der Waals surface area contributed by atoms with E-state index in [1.165, 1.54) is 13.3 Å². The lowest BCUT2D eigenvalue weighted by molar-refractivity contribution is -0.139. The van der Waals surface area contributed by atoms with Gasteiger partial charge in [-0.1, -0.05) is 6.92 Å². The number of methoxy groups -OCH3 is 1. The van der Waals surface area contributed by atoms with E-state index in [4.69, 9.17) is 9.84 Å². The zero-order chi connectivity index (χ0) is 13.5. The van der Waals surface area contributed by atoms with Crippen molar-refractivity contribution in [3.63, 3.8) is 0 Å². The fraction of sp³-hybridized carbons (Fsp3) is 0.364. The summed E-state index contributed by atoms with van der Waals surface area (Å²) in [5.74, 6) is -0.640. The summed E-state index contributed by atoms with van der Waals surface area (Å²) in [6.45, 7) is 1.67. The first kappa shape index (κ1) is 13.8. The molecule has 0 spiro atoms. The molecule has 0 saturated carbocycles. The Kier molecular flexibility index (Phi) is 4.91. The van der Waals surface area contributed by atoms with E-state index in [1.54, 1.807) is 19.1 Å². The molecule has 1 aromatic rings. The molecule has 1 atom stereocenters. The second-order valence-electron chi connectivity index (χ2n) is 3.49. The van der Waals surface area contributed by atoms with Crippen LogP contribution in [-0.4, -0.2) is 35.2 Å². The standard InChI is InChI=1S/C11H15N3O4/c1-3-8(10(15)16)14-11(17)13-7-4-5-9(18-2)12-6-7/h4-6,8H,3H2,1-2H3,(H,15,16)(H2,13,14,17)/t8-/m1/s1. The predicted octanol–water partition coefficient (Wildman–Crippen LogP) is 1.07. The number of urea groups is 1. The van der Waals surface area contributed by atoms with Crippen molar-refractivity contribution in [2.45, 2.75) is 19.4 Å². The van der Waals surface area contributed by atoms with Gasteiger partial charge in [0.15, 0.2) is 0 Å². The highest BCUT2D eigenvalue weighted by molar-refractivity contribution is 5.92. The van der Waals surface area contributed by atoms with E-state index in [0.29, 0.717) is 18.0 Å². The largest absolute Gasteiger partial charge is 0.481 e. The number of hydrogen-bond acceptors (Lipinski definition) is 4. The molecule has 7 nitrogen and oxygen atoms in total. The number of ether oxygens (including phenoxy) is 1. The Hall–Kier alpha value is -2.31. The van der Waals surface area contributed by atoms with E-state index in [-0.39, 0.29) is 0 Å². The zero-order valence-corrected chi connectivity index (χ0v) is 10.1. The van der Waals surface area contributed by atoms with Gasteiger partial charge in [-0.3, -0.25) is 0 Å². The third-order valence-electron chi connectivity index (χ3n) is 2.22. The van der Waals surface area contributed by atoms with Crippen molar-refractivity contribution in [2.75, 3.05) is 12.4 Å². The van der Waals surface area contributed by atoms with Gasteiger partial charge in [-0.2, -0.15) is 0 Å². The fourth-order valence-corrected chi connectivity index (χ4v) is 1.24. The van der Waals surface area contributed by atoms with Crippen molar-refractivity contribution in [3.05, 3.63) is 18.3 Å². The number of carbonyl (C=O) groups excluding carboxylic acids is 1. The Morgan fingerprint density at radius 1 is 1.50 bits per heavy atom. The number of anilines is 1. The molecular weight excluding hydrogens is 238 g/mol. The van der Waals surface area contributed by atoms with E-state index in [9.17, 15) is 9.59 Å². The molecule has 0 saturated heterocycles. The first-order chi connectivity index (χ1) is 8.56. The van der Waals surface area contributed by atoms with Crippen LogP contribution in [0.2, 0.25) is 0 Å². The van der Waals surface area contributed by atoms with Crippen molar-refractivity contribution in [1.82, 2.24) is 10.3 Å². The maximum Gasteiger partial charge on any atom is 0.326 e. The fourth-order valence-electron chi connectivity index (χ4n) is 1.24. The second kappa shape index (κ2) is 6.43. The van der Waals surface area contributed by atoms with Crippen LogP contribution in [0, 0.1) is 0 Å². The Labute approximate surface area is 104 Å². The van der Waals surface area contributed by atoms with Gasteiger partial charge in [-0.15, -0.1) is 0 Å². The van der Waals surface area contributed by atoms with Crippen molar-refractivity contribution in [2.24, 2.45) is 0 Å². The summed E-state index contributed by atoms with van der Waals surface area (Å²) < 4.78 is 4.87. The van der Waals surface area contributed by atoms with E-state index >= 15 is 0 Å². The molecule has 0 fully saturated rings. The lowest BCUT2D eigenvalue weighted by Crippen LogP contribution is -2.42. The van der Waals surface area contributed by atoms with Crippen LogP contribution in [0.1, 0.15) is 13.3 Å². The van der Waals surface area contributed by atoms with Gasteiger partial charge in [0.1, 0.15) is 6.04 Å². The third kappa shape index (κ3) is 3.93. The highest BCUT2D eigenvalue weighted by Crippen LogP contribution is 2.10. The van der Waals surface area contributed by atoms with Crippen LogP contribution >= 0.6 is 0 Å². The molecule has 1 rings (SSSR count). The van der Waals surface area contributed by atoms with Crippen molar-refractivity contribution in [3.8, 4) is 5.88 Å². The van der Waals surface area contributed by atoms with Crippen LogP contribution in [0.5, 0.6) is 5.88 Å². The van der Waals surface area contributed by atoms with Gasteiger partial charge in [-0.25, -0.2) is 14.6 Å². The first-order valence-corrected chi connectivity index (χ1v) is 5.37. The number of carboxylic acids is 1. The topological polar surface area (TPSA) is 101 Å². The first-order valence-electron chi connectivity index (χ1n) is 5.37. The lowest BCUT2D eigenvalue weighted by atomic mass is 10.2. The zero-order valence-electron chi connectivity index (χ0n) is 10.1. The van der Waals surface area contributed by atoms with Gasteiger partial charge in [0.25, 0.3) is 0 Å².